The number of halogens is 1. The molecule has 0 unspecified atom stereocenters. The lowest BCUT2D eigenvalue weighted by molar-refractivity contribution is 0.149. The number of hydrogen-bond acceptors (Lipinski definition) is 3. The number of nitrogens with one attached hydrogen (secondary N) is 1. The third-order valence-corrected chi connectivity index (χ3v) is 3.97. The van der Waals surface area contributed by atoms with Crippen molar-refractivity contribution in [3.8, 4) is 5.69 Å². The van der Waals surface area contributed by atoms with Crippen molar-refractivity contribution in [3.05, 3.63) is 45.7 Å². The minimum atomic E-state index is 0.745. The second-order valence-electron chi connectivity index (χ2n) is 4.91. The Morgan fingerprint density at radius 1 is 1.24 bits per heavy atom. The molecular weight excluding hydrogens is 330 g/mol. The van der Waals surface area contributed by atoms with Gasteiger partial charge in [-0.05, 0) is 45.0 Å². The van der Waals surface area contributed by atoms with E-state index in [4.69, 9.17) is 4.74 Å². The van der Waals surface area contributed by atoms with Gasteiger partial charge in [0.15, 0.2) is 0 Å². The molecule has 1 heterocycles. The van der Waals surface area contributed by atoms with Gasteiger partial charge in [0.25, 0.3) is 0 Å². The quantitative estimate of drug-likeness (QED) is 0.777. The topological polar surface area (TPSA) is 39.1 Å². The van der Waals surface area contributed by atoms with E-state index in [1.165, 1.54) is 11.3 Å². The molecule has 0 saturated heterocycles. The molecule has 0 bridgehead atoms. The van der Waals surface area contributed by atoms with Gasteiger partial charge in [-0.1, -0.05) is 15.9 Å². The number of rotatable bonds is 7. The van der Waals surface area contributed by atoms with Gasteiger partial charge in [0.1, 0.15) is 0 Å². The number of hydrogen-bond donors (Lipinski definition) is 1. The number of aryl methyl sites for hydroxylation is 1. The summed E-state index contributed by atoms with van der Waals surface area (Å²) in [5, 5.41) is 8.06. The fourth-order valence-electron chi connectivity index (χ4n) is 2.27. The maximum absolute atomic E-state index is 5.33. The maximum atomic E-state index is 5.33. The van der Waals surface area contributed by atoms with Crippen molar-refractivity contribution in [3.63, 3.8) is 0 Å². The Labute approximate surface area is 134 Å². The zero-order chi connectivity index (χ0) is 15.2. The molecule has 0 spiro atoms. The van der Waals surface area contributed by atoms with Crippen LogP contribution in [0.25, 0.3) is 5.69 Å². The van der Waals surface area contributed by atoms with Crippen LogP contribution in [0.1, 0.15) is 23.9 Å². The summed E-state index contributed by atoms with van der Waals surface area (Å²) >= 11 is 3.46. The molecule has 0 amide bonds. The molecule has 0 fully saturated rings. The first kappa shape index (κ1) is 16.2. The summed E-state index contributed by atoms with van der Waals surface area (Å²) in [6, 6.07) is 8.20. The van der Waals surface area contributed by atoms with Crippen LogP contribution in [-0.2, 0) is 11.3 Å². The van der Waals surface area contributed by atoms with E-state index >= 15 is 0 Å². The van der Waals surface area contributed by atoms with Gasteiger partial charge >= 0.3 is 0 Å². The van der Waals surface area contributed by atoms with Gasteiger partial charge in [0.2, 0.25) is 0 Å². The van der Waals surface area contributed by atoms with Crippen molar-refractivity contribution in [2.75, 3.05) is 19.8 Å². The van der Waals surface area contributed by atoms with Gasteiger partial charge in [0.05, 0.1) is 18.0 Å². The van der Waals surface area contributed by atoms with E-state index < -0.39 is 0 Å². The maximum Gasteiger partial charge on any atom is 0.0649 e. The zero-order valence-electron chi connectivity index (χ0n) is 12.8. The molecule has 2 aromatic rings. The molecule has 114 valence electrons. The predicted molar refractivity (Wildman–Crippen MR) is 88.9 cm³/mol. The average Bonchev–Trinajstić information content (AvgIpc) is 2.75. The molecule has 4 nitrogen and oxygen atoms in total. The molecule has 0 atom stereocenters. The monoisotopic (exact) mass is 351 g/mol. The molecule has 0 saturated carbocycles. The molecule has 0 aliphatic rings. The van der Waals surface area contributed by atoms with Crippen molar-refractivity contribution in [1.82, 2.24) is 15.1 Å². The van der Waals surface area contributed by atoms with Gasteiger partial charge in [-0.15, -0.1) is 0 Å². The Morgan fingerprint density at radius 3 is 2.62 bits per heavy atom. The first-order chi connectivity index (χ1) is 10.1. The van der Waals surface area contributed by atoms with E-state index in [1.807, 2.05) is 23.7 Å². The fourth-order valence-corrected chi connectivity index (χ4v) is 2.53. The molecule has 1 aromatic heterocycles. The van der Waals surface area contributed by atoms with Gasteiger partial charge in [-0.25, -0.2) is 4.68 Å². The van der Waals surface area contributed by atoms with E-state index in [1.54, 1.807) is 0 Å². The predicted octanol–water partition coefficient (Wildman–Crippen LogP) is 3.38. The van der Waals surface area contributed by atoms with Crippen LogP contribution in [0.5, 0.6) is 0 Å². The van der Waals surface area contributed by atoms with Crippen LogP contribution < -0.4 is 5.32 Å². The highest BCUT2D eigenvalue weighted by Crippen LogP contribution is 2.19. The summed E-state index contributed by atoms with van der Waals surface area (Å²) < 4.78 is 8.41. The number of ether oxygens (including phenoxy) is 1. The molecule has 5 heteroatoms. The second kappa shape index (κ2) is 7.73. The van der Waals surface area contributed by atoms with Gasteiger partial charge in [-0.2, -0.15) is 5.10 Å². The lowest BCUT2D eigenvalue weighted by atomic mass is 10.2. The van der Waals surface area contributed by atoms with Gasteiger partial charge in [-0.3, -0.25) is 0 Å². The Bertz CT molecular complexity index is 578. The summed E-state index contributed by atoms with van der Waals surface area (Å²) in [5.41, 5.74) is 4.59. The van der Waals surface area contributed by atoms with Crippen LogP contribution >= 0.6 is 15.9 Å². The first-order valence-corrected chi connectivity index (χ1v) is 8.02. The summed E-state index contributed by atoms with van der Waals surface area (Å²) in [6.07, 6.45) is 0. The lowest BCUT2D eigenvalue weighted by Crippen LogP contribution is -2.20. The molecule has 0 aliphatic carbocycles. The molecule has 0 radical (unpaired) electrons. The van der Waals surface area contributed by atoms with Crippen LogP contribution in [0.3, 0.4) is 0 Å². The van der Waals surface area contributed by atoms with Crippen LogP contribution in [0, 0.1) is 13.8 Å². The fraction of sp³-hybridized carbons (Fsp3) is 0.438. The molecule has 1 N–H and O–H groups in total. The average molecular weight is 352 g/mol. The van der Waals surface area contributed by atoms with E-state index in [9.17, 15) is 0 Å². The molecule has 21 heavy (non-hydrogen) atoms. The summed E-state index contributed by atoms with van der Waals surface area (Å²) in [7, 11) is 0. The van der Waals surface area contributed by atoms with Crippen molar-refractivity contribution >= 4 is 15.9 Å². The van der Waals surface area contributed by atoms with Crippen molar-refractivity contribution in [1.29, 1.82) is 0 Å². The van der Waals surface area contributed by atoms with E-state index in [0.29, 0.717) is 0 Å². The first-order valence-electron chi connectivity index (χ1n) is 7.23. The Morgan fingerprint density at radius 2 is 1.95 bits per heavy atom. The zero-order valence-corrected chi connectivity index (χ0v) is 14.4. The Kier molecular flexibility index (Phi) is 5.96. The molecule has 2 rings (SSSR count). The highest BCUT2D eigenvalue weighted by Gasteiger charge is 2.12. The van der Waals surface area contributed by atoms with Crippen molar-refractivity contribution in [2.45, 2.75) is 27.3 Å². The number of benzene rings is 1. The van der Waals surface area contributed by atoms with Crippen LogP contribution in [0.15, 0.2) is 28.7 Å². The number of nitrogens with zero attached hydrogens (tertiary/aromatic N) is 2. The second-order valence-corrected chi connectivity index (χ2v) is 5.83. The SMILES string of the molecule is CCOCCNCc1c(C)nn(-c2ccc(Br)cc2)c1C. The summed E-state index contributed by atoms with van der Waals surface area (Å²) in [4.78, 5) is 0. The van der Waals surface area contributed by atoms with Gasteiger partial charge in [0, 0.05) is 35.4 Å². The molecule has 1 aromatic carbocycles. The summed E-state index contributed by atoms with van der Waals surface area (Å²) in [5.74, 6) is 0. The smallest absolute Gasteiger partial charge is 0.0649 e. The van der Waals surface area contributed by atoms with Crippen molar-refractivity contribution in [2.24, 2.45) is 0 Å². The normalized spacial score (nSPS) is 11.0. The highest BCUT2D eigenvalue weighted by atomic mass is 79.9. The van der Waals surface area contributed by atoms with Crippen LogP contribution in [0.2, 0.25) is 0 Å². The van der Waals surface area contributed by atoms with Crippen LogP contribution in [0.4, 0.5) is 0 Å². The number of aromatic nitrogens is 2. The standard InChI is InChI=1S/C16H22BrN3O/c1-4-21-10-9-18-11-16-12(2)19-20(13(16)3)15-7-5-14(17)6-8-15/h5-8,18H,4,9-11H2,1-3H3. The summed E-state index contributed by atoms with van der Waals surface area (Å²) in [6.45, 7) is 9.37. The third kappa shape index (κ3) is 4.15. The van der Waals surface area contributed by atoms with Crippen LogP contribution in [-0.4, -0.2) is 29.5 Å². The van der Waals surface area contributed by atoms with E-state index in [2.05, 4.69) is 52.3 Å². The third-order valence-electron chi connectivity index (χ3n) is 3.44. The van der Waals surface area contributed by atoms with Gasteiger partial charge < -0.3 is 10.1 Å². The van der Waals surface area contributed by atoms with E-state index in [0.717, 1.165) is 42.2 Å². The molecular formula is C16H22BrN3O. The Hall–Kier alpha value is -1.17. The largest absolute Gasteiger partial charge is 0.380 e. The minimum absolute atomic E-state index is 0.745. The van der Waals surface area contributed by atoms with E-state index in [-0.39, 0.29) is 0 Å². The Balaban J connectivity index is 2.08. The van der Waals surface area contributed by atoms with Crippen molar-refractivity contribution < 1.29 is 4.74 Å². The molecule has 0 aliphatic heterocycles. The minimum Gasteiger partial charge on any atom is -0.380 e. The highest BCUT2D eigenvalue weighted by molar-refractivity contribution is 9.10. The lowest BCUT2D eigenvalue weighted by Gasteiger charge is -2.07.